The summed E-state index contributed by atoms with van der Waals surface area (Å²) in [6.07, 6.45) is 0.523. The first-order chi connectivity index (χ1) is 14.1. The molecule has 1 amide bonds. The van der Waals surface area contributed by atoms with Gasteiger partial charge < -0.3 is 14.4 Å². The van der Waals surface area contributed by atoms with Gasteiger partial charge in [-0.2, -0.15) is 4.31 Å². The normalized spacial score (nSPS) is 15.4. The highest BCUT2D eigenvalue weighted by molar-refractivity contribution is 7.89. The van der Waals surface area contributed by atoms with E-state index in [1.54, 1.807) is 29.2 Å². The van der Waals surface area contributed by atoms with Crippen LogP contribution in [0.15, 0.2) is 29.2 Å². The van der Waals surface area contributed by atoms with Crippen LogP contribution in [-0.4, -0.2) is 74.5 Å². The molecule has 0 radical (unpaired) electrons. The number of nitrogens with zero attached hydrogens (tertiary/aromatic N) is 2. The molecule has 0 atom stereocenters. The van der Waals surface area contributed by atoms with Crippen molar-refractivity contribution in [2.45, 2.75) is 57.5 Å². The largest absolute Gasteiger partial charge is 0.456 e. The maximum absolute atomic E-state index is 12.6. The maximum atomic E-state index is 12.6. The van der Waals surface area contributed by atoms with Crippen molar-refractivity contribution >= 4 is 21.9 Å². The van der Waals surface area contributed by atoms with Gasteiger partial charge in [-0.1, -0.05) is 12.1 Å². The minimum atomic E-state index is -3.53. The Hall–Kier alpha value is -1.97. The van der Waals surface area contributed by atoms with Crippen LogP contribution in [0, 0.1) is 0 Å². The zero-order valence-electron chi connectivity index (χ0n) is 18.2. The molecule has 0 aromatic heterocycles. The maximum Gasteiger partial charge on any atom is 0.306 e. The molecule has 0 aliphatic carbocycles. The average molecular weight is 441 g/mol. The van der Waals surface area contributed by atoms with Crippen molar-refractivity contribution in [2.75, 3.05) is 32.9 Å². The third-order valence-electron chi connectivity index (χ3n) is 4.91. The van der Waals surface area contributed by atoms with Crippen molar-refractivity contribution in [1.29, 1.82) is 0 Å². The standard InChI is InChI=1S/C21H32N2O6S/c1-16(2)23(17(3)4)20(24)15-29-21(25)10-7-18-5-8-19(9-6-18)30(26,27)22-11-13-28-14-12-22/h5-6,8-9,16-17H,7,10-15H2,1-4H3. The smallest absolute Gasteiger partial charge is 0.306 e. The zero-order valence-corrected chi connectivity index (χ0v) is 19.0. The molecular formula is C21H32N2O6S. The van der Waals surface area contributed by atoms with Crippen LogP contribution in [0.3, 0.4) is 0 Å². The van der Waals surface area contributed by atoms with Crippen molar-refractivity contribution in [2.24, 2.45) is 0 Å². The summed E-state index contributed by atoms with van der Waals surface area (Å²) in [5.74, 6) is -0.674. The molecule has 8 nitrogen and oxygen atoms in total. The van der Waals surface area contributed by atoms with Crippen LogP contribution >= 0.6 is 0 Å². The van der Waals surface area contributed by atoms with E-state index in [4.69, 9.17) is 9.47 Å². The number of morpholine rings is 1. The van der Waals surface area contributed by atoms with Crippen LogP contribution in [0.1, 0.15) is 39.7 Å². The van der Waals surface area contributed by atoms with Gasteiger partial charge in [0.1, 0.15) is 0 Å². The molecule has 1 saturated heterocycles. The third-order valence-corrected chi connectivity index (χ3v) is 6.82. The van der Waals surface area contributed by atoms with E-state index in [0.29, 0.717) is 32.7 Å². The van der Waals surface area contributed by atoms with Gasteiger partial charge in [-0.15, -0.1) is 0 Å². The highest BCUT2D eigenvalue weighted by atomic mass is 32.2. The second-order valence-electron chi connectivity index (χ2n) is 7.81. The van der Waals surface area contributed by atoms with Crippen molar-refractivity contribution < 1.29 is 27.5 Å². The number of rotatable bonds is 9. The van der Waals surface area contributed by atoms with E-state index in [2.05, 4.69) is 0 Å². The highest BCUT2D eigenvalue weighted by Crippen LogP contribution is 2.18. The Kier molecular flexibility index (Phi) is 8.81. The molecule has 1 aromatic carbocycles. The van der Waals surface area contributed by atoms with Crippen molar-refractivity contribution in [1.82, 2.24) is 9.21 Å². The molecule has 1 aromatic rings. The number of benzene rings is 1. The Morgan fingerprint density at radius 1 is 1.07 bits per heavy atom. The van der Waals surface area contributed by atoms with E-state index < -0.39 is 16.0 Å². The molecule has 2 rings (SSSR count). The van der Waals surface area contributed by atoms with E-state index in [0.717, 1.165) is 5.56 Å². The summed E-state index contributed by atoms with van der Waals surface area (Å²) in [6, 6.07) is 6.57. The molecule has 1 heterocycles. The van der Waals surface area contributed by atoms with Gasteiger partial charge in [0.05, 0.1) is 18.1 Å². The van der Waals surface area contributed by atoms with Gasteiger partial charge in [-0.3, -0.25) is 9.59 Å². The average Bonchev–Trinajstić information content (AvgIpc) is 2.71. The van der Waals surface area contributed by atoms with Crippen LogP contribution in [0.25, 0.3) is 0 Å². The molecule has 0 saturated carbocycles. The lowest BCUT2D eigenvalue weighted by molar-refractivity contribution is -0.153. The second kappa shape index (κ2) is 10.9. The molecule has 1 aliphatic heterocycles. The molecule has 0 spiro atoms. The Labute approximate surface area is 179 Å². The van der Waals surface area contributed by atoms with Crippen molar-refractivity contribution in [3.8, 4) is 0 Å². The minimum absolute atomic E-state index is 0.0310. The van der Waals surface area contributed by atoms with Gasteiger partial charge in [0.15, 0.2) is 6.61 Å². The fourth-order valence-corrected chi connectivity index (χ4v) is 4.88. The predicted octanol–water partition coefficient (Wildman–Crippen LogP) is 1.83. The van der Waals surface area contributed by atoms with Crippen molar-refractivity contribution in [3.05, 3.63) is 29.8 Å². The first kappa shape index (κ1) is 24.3. The second-order valence-corrected chi connectivity index (χ2v) is 9.75. The van der Waals surface area contributed by atoms with E-state index >= 15 is 0 Å². The summed E-state index contributed by atoms with van der Waals surface area (Å²) >= 11 is 0. The molecule has 30 heavy (non-hydrogen) atoms. The lowest BCUT2D eigenvalue weighted by Crippen LogP contribution is -2.44. The minimum Gasteiger partial charge on any atom is -0.456 e. The van der Waals surface area contributed by atoms with Gasteiger partial charge in [0.25, 0.3) is 5.91 Å². The number of carbonyl (C=O) groups is 2. The van der Waals surface area contributed by atoms with E-state index in [9.17, 15) is 18.0 Å². The molecule has 1 aliphatic rings. The monoisotopic (exact) mass is 440 g/mol. The number of aryl methyl sites for hydroxylation is 1. The topological polar surface area (TPSA) is 93.2 Å². The number of amides is 1. The molecule has 9 heteroatoms. The first-order valence-corrected chi connectivity index (χ1v) is 11.7. The van der Waals surface area contributed by atoms with Crippen LogP contribution in [0.4, 0.5) is 0 Å². The number of hydrogen-bond acceptors (Lipinski definition) is 6. The van der Waals surface area contributed by atoms with E-state index in [1.165, 1.54) is 4.31 Å². The third kappa shape index (κ3) is 6.52. The van der Waals surface area contributed by atoms with Crippen LogP contribution in [0.2, 0.25) is 0 Å². The zero-order chi connectivity index (χ0) is 22.3. The highest BCUT2D eigenvalue weighted by Gasteiger charge is 2.26. The van der Waals surface area contributed by atoms with Crippen LogP contribution in [0.5, 0.6) is 0 Å². The lowest BCUT2D eigenvalue weighted by atomic mass is 10.1. The van der Waals surface area contributed by atoms with E-state index in [1.807, 2.05) is 27.7 Å². The first-order valence-electron chi connectivity index (χ1n) is 10.3. The summed E-state index contributed by atoms with van der Waals surface area (Å²) in [6.45, 7) is 8.89. The van der Waals surface area contributed by atoms with Crippen molar-refractivity contribution in [3.63, 3.8) is 0 Å². The van der Waals surface area contributed by atoms with Gasteiger partial charge in [0.2, 0.25) is 10.0 Å². The number of sulfonamides is 1. The number of esters is 1. The predicted molar refractivity (Wildman–Crippen MR) is 112 cm³/mol. The summed E-state index contributed by atoms with van der Waals surface area (Å²) < 4.78 is 37.0. The van der Waals surface area contributed by atoms with Crippen LogP contribution < -0.4 is 0 Å². The molecule has 0 bridgehead atoms. The Morgan fingerprint density at radius 2 is 1.63 bits per heavy atom. The molecule has 0 unspecified atom stereocenters. The number of ether oxygens (including phenoxy) is 2. The Morgan fingerprint density at radius 3 is 2.17 bits per heavy atom. The molecule has 168 valence electrons. The fraction of sp³-hybridized carbons (Fsp3) is 0.619. The SMILES string of the molecule is CC(C)N(C(=O)COC(=O)CCc1ccc(S(=O)(=O)N2CCOCC2)cc1)C(C)C. The summed E-state index contributed by atoms with van der Waals surface area (Å²) in [5.41, 5.74) is 0.824. The van der Waals surface area contributed by atoms with Gasteiger partial charge in [-0.25, -0.2) is 8.42 Å². The molecule has 1 fully saturated rings. The van der Waals surface area contributed by atoms with E-state index in [-0.39, 0.29) is 35.9 Å². The quantitative estimate of drug-likeness (QED) is 0.544. The molecular weight excluding hydrogens is 408 g/mol. The molecule has 0 N–H and O–H groups in total. The van der Waals surface area contributed by atoms with Gasteiger partial charge in [0, 0.05) is 31.6 Å². The van der Waals surface area contributed by atoms with Gasteiger partial charge in [-0.05, 0) is 51.8 Å². The summed E-state index contributed by atoms with van der Waals surface area (Å²) in [4.78, 5) is 26.2. The van der Waals surface area contributed by atoms with Crippen LogP contribution in [-0.2, 0) is 35.5 Å². The number of carbonyl (C=O) groups excluding carboxylic acids is 2. The van der Waals surface area contributed by atoms with Gasteiger partial charge >= 0.3 is 5.97 Å². The summed E-state index contributed by atoms with van der Waals surface area (Å²) in [5, 5.41) is 0. The Balaban J connectivity index is 1.84. The lowest BCUT2D eigenvalue weighted by Gasteiger charge is -2.30. The Bertz CT molecular complexity index is 806. The summed E-state index contributed by atoms with van der Waals surface area (Å²) in [7, 11) is -3.53. The fourth-order valence-electron chi connectivity index (χ4n) is 3.47. The number of hydrogen-bond donors (Lipinski definition) is 0.